The molecular weight excluding hydrogens is 363 g/mol. The molecule has 2 unspecified atom stereocenters. The minimum atomic E-state index is 0.208. The minimum Gasteiger partial charge on any atom is -0.334 e. The van der Waals surface area contributed by atoms with Gasteiger partial charge in [0.05, 0.1) is 0 Å². The number of halogens is 1. The van der Waals surface area contributed by atoms with Crippen LogP contribution in [0.4, 0.5) is 0 Å². The zero-order chi connectivity index (χ0) is 13.9. The Morgan fingerprint density at radius 1 is 1.15 bits per heavy atom. The van der Waals surface area contributed by atoms with Gasteiger partial charge in [0.2, 0.25) is 0 Å². The Hall–Kier alpha value is -0.620. The number of hydrogen-bond donors (Lipinski definition) is 1. The Kier molecular flexibility index (Phi) is 4.61. The molecule has 0 aliphatic carbocycles. The van der Waals surface area contributed by atoms with E-state index in [1.54, 1.807) is 0 Å². The van der Waals surface area contributed by atoms with Gasteiger partial charge in [-0.15, -0.1) is 0 Å². The maximum Gasteiger partial charge on any atom is 0.254 e. The highest BCUT2D eigenvalue weighted by atomic mass is 127. The lowest BCUT2D eigenvalue weighted by atomic mass is 9.93. The number of nitrogens with zero attached hydrogens (tertiary/aromatic N) is 1. The van der Waals surface area contributed by atoms with Crippen LogP contribution in [0.3, 0.4) is 0 Å². The highest BCUT2D eigenvalue weighted by molar-refractivity contribution is 14.1. The number of carbonyl (C=O) groups excluding carboxylic acids is 1. The third kappa shape index (κ3) is 3.01. The smallest absolute Gasteiger partial charge is 0.254 e. The summed E-state index contributed by atoms with van der Waals surface area (Å²) in [6.07, 6.45) is 5.99. The van der Waals surface area contributed by atoms with Crippen LogP contribution in [-0.4, -0.2) is 36.0 Å². The summed E-state index contributed by atoms with van der Waals surface area (Å²) < 4.78 is 1.17. The van der Waals surface area contributed by atoms with Crippen LogP contribution in [0, 0.1) is 3.57 Å². The number of piperidine rings is 1. The Morgan fingerprint density at radius 2 is 1.95 bits per heavy atom. The fraction of sp³-hybridized carbons (Fsp3) is 0.562. The Balaban J connectivity index is 1.78. The third-order valence-electron chi connectivity index (χ3n) is 4.46. The summed E-state index contributed by atoms with van der Waals surface area (Å²) in [6.45, 7) is 2.01. The van der Waals surface area contributed by atoms with Gasteiger partial charge >= 0.3 is 0 Å². The first kappa shape index (κ1) is 14.3. The average Bonchev–Trinajstić information content (AvgIpc) is 3.01. The van der Waals surface area contributed by atoms with Crippen molar-refractivity contribution in [1.29, 1.82) is 0 Å². The molecule has 2 aliphatic rings. The fourth-order valence-corrected chi connectivity index (χ4v) is 3.79. The molecule has 4 heteroatoms. The maximum atomic E-state index is 12.8. The molecule has 2 fully saturated rings. The average molecular weight is 384 g/mol. The molecule has 0 bridgehead atoms. The summed E-state index contributed by atoms with van der Waals surface area (Å²) in [5, 5.41) is 3.58. The molecule has 0 saturated carbocycles. The van der Waals surface area contributed by atoms with E-state index < -0.39 is 0 Å². The molecule has 1 aromatic carbocycles. The van der Waals surface area contributed by atoms with E-state index in [0.29, 0.717) is 12.1 Å². The van der Waals surface area contributed by atoms with E-state index in [1.165, 1.54) is 22.8 Å². The monoisotopic (exact) mass is 384 g/mol. The standard InChI is InChI=1S/C16H21IN2O/c17-13-8-6-12(7-9-13)16(20)19-11-2-1-5-15(19)14-4-3-10-18-14/h6-9,14-15,18H,1-5,10-11H2. The summed E-state index contributed by atoms with van der Waals surface area (Å²) in [5.74, 6) is 0.208. The first-order chi connectivity index (χ1) is 9.75. The van der Waals surface area contributed by atoms with Gasteiger partial charge in [-0.3, -0.25) is 4.79 Å². The lowest BCUT2D eigenvalue weighted by Gasteiger charge is -2.39. The van der Waals surface area contributed by atoms with Gasteiger partial charge in [-0.1, -0.05) is 0 Å². The van der Waals surface area contributed by atoms with E-state index in [0.717, 1.165) is 31.5 Å². The maximum absolute atomic E-state index is 12.8. The van der Waals surface area contributed by atoms with Crippen molar-refractivity contribution in [2.75, 3.05) is 13.1 Å². The zero-order valence-corrected chi connectivity index (χ0v) is 13.8. The highest BCUT2D eigenvalue weighted by Crippen LogP contribution is 2.26. The van der Waals surface area contributed by atoms with Gasteiger partial charge in [0.25, 0.3) is 5.91 Å². The van der Waals surface area contributed by atoms with Gasteiger partial charge in [-0.25, -0.2) is 0 Å². The molecule has 2 atom stereocenters. The van der Waals surface area contributed by atoms with Gasteiger partial charge in [-0.05, 0) is 85.5 Å². The summed E-state index contributed by atoms with van der Waals surface area (Å²) in [4.78, 5) is 14.9. The summed E-state index contributed by atoms with van der Waals surface area (Å²) in [6, 6.07) is 8.83. The molecule has 0 spiro atoms. The second kappa shape index (κ2) is 6.43. The number of carbonyl (C=O) groups is 1. The second-order valence-corrected chi connectivity index (χ2v) is 7.02. The molecule has 1 amide bonds. The minimum absolute atomic E-state index is 0.208. The summed E-state index contributed by atoms with van der Waals surface area (Å²) in [7, 11) is 0. The molecule has 2 heterocycles. The largest absolute Gasteiger partial charge is 0.334 e. The Bertz CT molecular complexity index is 468. The van der Waals surface area contributed by atoms with Crippen molar-refractivity contribution in [3.8, 4) is 0 Å². The van der Waals surface area contributed by atoms with Crippen molar-refractivity contribution in [3.63, 3.8) is 0 Å². The van der Waals surface area contributed by atoms with Crippen LogP contribution in [0.25, 0.3) is 0 Å². The molecule has 2 aliphatic heterocycles. The second-order valence-electron chi connectivity index (χ2n) is 5.77. The van der Waals surface area contributed by atoms with Crippen LogP contribution in [0.15, 0.2) is 24.3 Å². The van der Waals surface area contributed by atoms with Crippen molar-refractivity contribution >= 4 is 28.5 Å². The fourth-order valence-electron chi connectivity index (χ4n) is 3.43. The lowest BCUT2D eigenvalue weighted by Crippen LogP contribution is -2.52. The van der Waals surface area contributed by atoms with Gasteiger partial charge in [0.15, 0.2) is 0 Å². The predicted molar refractivity (Wildman–Crippen MR) is 88.9 cm³/mol. The number of benzene rings is 1. The van der Waals surface area contributed by atoms with Gasteiger partial charge in [-0.2, -0.15) is 0 Å². The van der Waals surface area contributed by atoms with E-state index in [4.69, 9.17) is 0 Å². The van der Waals surface area contributed by atoms with E-state index in [1.807, 2.05) is 24.3 Å². The van der Waals surface area contributed by atoms with Crippen LogP contribution in [-0.2, 0) is 0 Å². The summed E-state index contributed by atoms with van der Waals surface area (Å²) >= 11 is 2.27. The van der Waals surface area contributed by atoms with Crippen molar-refractivity contribution in [2.45, 2.75) is 44.2 Å². The van der Waals surface area contributed by atoms with Crippen LogP contribution in [0.5, 0.6) is 0 Å². The van der Waals surface area contributed by atoms with Gasteiger partial charge in [0, 0.05) is 27.8 Å². The Labute approximate surface area is 134 Å². The number of nitrogens with one attached hydrogen (secondary N) is 1. The van der Waals surface area contributed by atoms with Crippen molar-refractivity contribution in [2.24, 2.45) is 0 Å². The van der Waals surface area contributed by atoms with E-state index in [-0.39, 0.29) is 5.91 Å². The third-order valence-corrected chi connectivity index (χ3v) is 5.18. The predicted octanol–water partition coefficient (Wildman–Crippen LogP) is 3.04. The van der Waals surface area contributed by atoms with E-state index >= 15 is 0 Å². The van der Waals surface area contributed by atoms with Crippen molar-refractivity contribution < 1.29 is 4.79 Å². The number of rotatable bonds is 2. The van der Waals surface area contributed by atoms with E-state index in [9.17, 15) is 4.79 Å². The zero-order valence-electron chi connectivity index (χ0n) is 11.6. The first-order valence-corrected chi connectivity index (χ1v) is 8.63. The molecule has 0 radical (unpaired) electrons. The lowest BCUT2D eigenvalue weighted by molar-refractivity contribution is 0.0563. The van der Waals surface area contributed by atoms with Crippen LogP contribution < -0.4 is 5.32 Å². The number of hydrogen-bond acceptors (Lipinski definition) is 2. The van der Waals surface area contributed by atoms with Crippen LogP contribution >= 0.6 is 22.6 Å². The molecule has 0 aromatic heterocycles. The molecule has 3 rings (SSSR count). The van der Waals surface area contributed by atoms with Crippen molar-refractivity contribution in [1.82, 2.24) is 10.2 Å². The quantitative estimate of drug-likeness (QED) is 0.796. The van der Waals surface area contributed by atoms with Crippen LogP contribution in [0.2, 0.25) is 0 Å². The van der Waals surface area contributed by atoms with Crippen molar-refractivity contribution in [3.05, 3.63) is 33.4 Å². The normalized spacial score (nSPS) is 26.8. The first-order valence-electron chi connectivity index (χ1n) is 7.55. The Morgan fingerprint density at radius 3 is 2.65 bits per heavy atom. The molecule has 1 N–H and O–H groups in total. The van der Waals surface area contributed by atoms with Gasteiger partial charge in [0.1, 0.15) is 0 Å². The molecule has 1 aromatic rings. The molecule has 108 valence electrons. The summed E-state index contributed by atoms with van der Waals surface area (Å²) in [5.41, 5.74) is 0.829. The SMILES string of the molecule is O=C(c1ccc(I)cc1)N1CCCCC1C1CCCN1. The number of likely N-dealkylation sites (tertiary alicyclic amines) is 1. The molecule has 20 heavy (non-hydrogen) atoms. The highest BCUT2D eigenvalue weighted by Gasteiger charge is 2.34. The molecular formula is C16H21IN2O. The van der Waals surface area contributed by atoms with Crippen LogP contribution in [0.1, 0.15) is 42.5 Å². The van der Waals surface area contributed by atoms with Gasteiger partial charge < -0.3 is 10.2 Å². The van der Waals surface area contributed by atoms with E-state index in [2.05, 4.69) is 32.8 Å². The molecule has 2 saturated heterocycles. The number of amides is 1. The topological polar surface area (TPSA) is 32.3 Å². The molecule has 3 nitrogen and oxygen atoms in total.